The first-order chi connectivity index (χ1) is 20.9. The van der Waals surface area contributed by atoms with E-state index in [0.29, 0.717) is 52.2 Å². The molecule has 2 aromatic carbocycles. The Hall–Kier alpha value is -2.99. The summed E-state index contributed by atoms with van der Waals surface area (Å²) in [4.78, 5) is 4.80. The molecule has 6 rings (SSSR count). The fraction of sp³-hybridized carbons (Fsp3) is 0.500. The van der Waals surface area contributed by atoms with Gasteiger partial charge in [0, 0.05) is 28.1 Å². The largest absolute Gasteiger partial charge is 0.383 e. The van der Waals surface area contributed by atoms with Gasteiger partial charge in [0.1, 0.15) is 17.3 Å². The highest BCUT2D eigenvalue weighted by Gasteiger charge is 2.46. The average Bonchev–Trinajstić information content (AvgIpc) is 3.38. The Balaban J connectivity index is 1.28. The summed E-state index contributed by atoms with van der Waals surface area (Å²) in [7, 11) is -3.92. The second-order valence-corrected chi connectivity index (χ2v) is 15.0. The number of hydrogen-bond acceptors (Lipinski definition) is 7. The second kappa shape index (κ2) is 12.1. The van der Waals surface area contributed by atoms with Crippen LogP contribution in [0.1, 0.15) is 69.3 Å². The van der Waals surface area contributed by atoms with Crippen LogP contribution in [0.4, 0.5) is 10.1 Å². The van der Waals surface area contributed by atoms with Gasteiger partial charge in [-0.05, 0) is 69.2 Å². The number of fused-ring (bicyclic) bond motifs is 1. The van der Waals surface area contributed by atoms with Gasteiger partial charge in [0.25, 0.3) is 0 Å². The molecule has 1 aromatic heterocycles. The molecule has 1 unspecified atom stereocenters. The molecule has 236 valence electrons. The molecule has 0 spiro atoms. The molecule has 1 saturated heterocycles. The second-order valence-electron chi connectivity index (χ2n) is 12.8. The lowest BCUT2D eigenvalue weighted by Crippen LogP contribution is -2.52. The van der Waals surface area contributed by atoms with E-state index in [9.17, 15) is 8.42 Å². The Labute approximate surface area is 263 Å². The van der Waals surface area contributed by atoms with Crippen molar-refractivity contribution in [1.29, 1.82) is 0 Å². The maximum atomic E-state index is 15.5. The highest BCUT2D eigenvalue weighted by molar-refractivity contribution is 7.91. The normalized spacial score (nSPS) is 24.1. The first-order valence-corrected chi connectivity index (χ1v) is 17.3. The number of anilines is 1. The lowest BCUT2D eigenvalue weighted by Gasteiger charge is -2.44. The van der Waals surface area contributed by atoms with Crippen molar-refractivity contribution in [3.05, 3.63) is 70.1 Å². The van der Waals surface area contributed by atoms with Crippen molar-refractivity contribution in [1.82, 2.24) is 15.1 Å². The maximum Gasteiger partial charge on any atom is 0.237 e. The van der Waals surface area contributed by atoms with Crippen LogP contribution in [0.3, 0.4) is 0 Å². The third-order valence-electron chi connectivity index (χ3n) is 9.32. The molecule has 1 aliphatic carbocycles. The van der Waals surface area contributed by atoms with Crippen LogP contribution in [0.15, 0.2) is 47.5 Å². The summed E-state index contributed by atoms with van der Waals surface area (Å²) in [5.74, 6) is -0.305. The van der Waals surface area contributed by atoms with Gasteiger partial charge < -0.3 is 15.8 Å². The number of halogens is 2. The predicted molar refractivity (Wildman–Crippen MR) is 172 cm³/mol. The van der Waals surface area contributed by atoms with Crippen molar-refractivity contribution in [2.75, 3.05) is 24.5 Å². The van der Waals surface area contributed by atoms with Crippen LogP contribution < -0.4 is 15.8 Å². The molecule has 0 bridgehead atoms. The molecule has 0 amide bonds. The molecule has 44 heavy (non-hydrogen) atoms. The minimum absolute atomic E-state index is 0.0417. The van der Waals surface area contributed by atoms with Gasteiger partial charge in [0.2, 0.25) is 10.0 Å². The van der Waals surface area contributed by atoms with Gasteiger partial charge in [0.15, 0.2) is 0 Å². The standard InChI is InChI=1S/C32H40ClFN6O3S/c1-19(2)40-30-28(31(35)36-18-32(30,3)22-9-11-23(12-10-22)37-24-15-43-16-24)29(38-40)20-8-13-27(26(34)14-20)39-44(41,42)17-21-6-4-5-7-25(21)33/h4-8,13-14,19,22-24,37,39H,9-12,15-18H2,1-3H3,(H2,35,36). The van der Waals surface area contributed by atoms with Gasteiger partial charge in [0.05, 0.1) is 48.5 Å². The molecule has 1 saturated carbocycles. The lowest BCUT2D eigenvalue weighted by molar-refractivity contribution is -0.0135. The summed E-state index contributed by atoms with van der Waals surface area (Å²) in [6.45, 7) is 8.59. The Morgan fingerprint density at radius 3 is 2.50 bits per heavy atom. The van der Waals surface area contributed by atoms with Crippen molar-refractivity contribution < 1.29 is 17.5 Å². The molecule has 2 aliphatic heterocycles. The first-order valence-electron chi connectivity index (χ1n) is 15.3. The number of nitrogens with two attached hydrogens (primary N) is 1. The predicted octanol–water partition coefficient (Wildman–Crippen LogP) is 5.39. The molecule has 3 aliphatic rings. The van der Waals surface area contributed by atoms with Gasteiger partial charge in [-0.25, -0.2) is 12.8 Å². The molecule has 12 heteroatoms. The molecule has 4 N–H and O–H groups in total. The Kier molecular flexibility index (Phi) is 8.51. The quantitative estimate of drug-likeness (QED) is 0.288. The van der Waals surface area contributed by atoms with E-state index < -0.39 is 15.8 Å². The van der Waals surface area contributed by atoms with Gasteiger partial charge in [-0.15, -0.1) is 0 Å². The minimum Gasteiger partial charge on any atom is -0.383 e. The number of sulfonamides is 1. The van der Waals surface area contributed by atoms with Crippen LogP contribution >= 0.6 is 11.6 Å². The summed E-state index contributed by atoms with van der Waals surface area (Å²) in [6, 6.07) is 12.1. The van der Waals surface area contributed by atoms with Crippen LogP contribution in [0, 0.1) is 11.7 Å². The number of aromatic nitrogens is 2. The maximum absolute atomic E-state index is 15.5. The van der Waals surface area contributed by atoms with E-state index in [1.807, 2.05) is 4.68 Å². The zero-order valence-corrected chi connectivity index (χ0v) is 26.9. The van der Waals surface area contributed by atoms with E-state index in [2.05, 4.69) is 30.8 Å². The highest BCUT2D eigenvalue weighted by Crippen LogP contribution is 2.47. The van der Waals surface area contributed by atoms with Crippen LogP contribution in [-0.2, 0) is 25.9 Å². The molecule has 2 fully saturated rings. The number of benzene rings is 2. The zero-order chi connectivity index (χ0) is 31.2. The van der Waals surface area contributed by atoms with Gasteiger partial charge in [-0.3, -0.25) is 14.4 Å². The van der Waals surface area contributed by atoms with E-state index in [1.54, 1.807) is 30.3 Å². The summed E-state index contributed by atoms with van der Waals surface area (Å²) in [6.07, 6.45) is 4.31. The van der Waals surface area contributed by atoms with Crippen molar-refractivity contribution in [3.8, 4) is 11.3 Å². The molecule has 3 heterocycles. The van der Waals surface area contributed by atoms with E-state index in [1.165, 1.54) is 12.1 Å². The average molecular weight is 643 g/mol. The number of rotatable bonds is 9. The summed E-state index contributed by atoms with van der Waals surface area (Å²) in [5, 5.41) is 9.06. The third-order valence-corrected chi connectivity index (χ3v) is 10.9. The first kappa shape index (κ1) is 31.0. The fourth-order valence-electron chi connectivity index (χ4n) is 6.86. The van der Waals surface area contributed by atoms with Crippen molar-refractivity contribution in [3.63, 3.8) is 0 Å². The van der Waals surface area contributed by atoms with Crippen molar-refractivity contribution >= 4 is 33.1 Å². The lowest BCUT2D eigenvalue weighted by atomic mass is 9.65. The van der Waals surface area contributed by atoms with Gasteiger partial charge in [-0.1, -0.05) is 42.8 Å². The number of amidine groups is 1. The Bertz CT molecular complexity index is 1680. The summed E-state index contributed by atoms with van der Waals surface area (Å²) in [5.41, 5.74) is 9.40. The number of aliphatic imine (C=N–C) groups is 1. The van der Waals surface area contributed by atoms with Crippen LogP contribution in [0.25, 0.3) is 11.3 Å². The number of nitrogens with one attached hydrogen (secondary N) is 2. The van der Waals surface area contributed by atoms with Crippen LogP contribution in [0.2, 0.25) is 5.02 Å². The third kappa shape index (κ3) is 5.99. The van der Waals surface area contributed by atoms with Crippen LogP contribution in [0.5, 0.6) is 0 Å². The number of hydrogen-bond donors (Lipinski definition) is 3. The SMILES string of the molecule is CC(C)n1nc(-c2ccc(NS(=O)(=O)Cc3ccccc3Cl)c(F)c2)c2c1C(C)(C1CCC(NC3COC3)CC1)CN=C2N. The molecule has 3 aromatic rings. The summed E-state index contributed by atoms with van der Waals surface area (Å²) < 4.78 is 51.0. The Morgan fingerprint density at radius 2 is 1.86 bits per heavy atom. The zero-order valence-electron chi connectivity index (χ0n) is 25.3. The van der Waals surface area contributed by atoms with Gasteiger partial charge in [-0.2, -0.15) is 5.10 Å². The van der Waals surface area contributed by atoms with E-state index >= 15 is 4.39 Å². The van der Waals surface area contributed by atoms with Crippen LogP contribution in [-0.4, -0.2) is 55.9 Å². The van der Waals surface area contributed by atoms with E-state index in [-0.39, 0.29) is 22.9 Å². The monoisotopic (exact) mass is 642 g/mol. The summed E-state index contributed by atoms with van der Waals surface area (Å²) >= 11 is 6.15. The molecule has 1 atom stereocenters. The molecular weight excluding hydrogens is 603 g/mol. The molecular formula is C32H40ClFN6O3S. The highest BCUT2D eigenvalue weighted by atomic mass is 35.5. The van der Waals surface area contributed by atoms with Gasteiger partial charge >= 0.3 is 0 Å². The fourth-order valence-corrected chi connectivity index (χ4v) is 8.37. The molecule has 0 radical (unpaired) electrons. The number of nitrogens with zero attached hydrogens (tertiary/aromatic N) is 3. The van der Waals surface area contributed by atoms with Crippen molar-refractivity contribution in [2.24, 2.45) is 16.6 Å². The van der Waals surface area contributed by atoms with Crippen molar-refractivity contribution in [2.45, 2.75) is 75.7 Å². The van der Waals surface area contributed by atoms with E-state index in [4.69, 9.17) is 32.2 Å². The minimum atomic E-state index is -3.92. The number of ether oxygens (including phenoxy) is 1. The van der Waals surface area contributed by atoms with E-state index in [0.717, 1.165) is 50.2 Å². The topological polar surface area (TPSA) is 124 Å². The Morgan fingerprint density at radius 1 is 1.14 bits per heavy atom. The molecule has 9 nitrogen and oxygen atoms in total. The smallest absolute Gasteiger partial charge is 0.237 e.